The lowest BCUT2D eigenvalue weighted by molar-refractivity contribution is -0.133. The highest BCUT2D eigenvalue weighted by Crippen LogP contribution is 2.49. The lowest BCUT2D eigenvalue weighted by Crippen LogP contribution is -2.56. The van der Waals surface area contributed by atoms with E-state index in [0.29, 0.717) is 16.9 Å². The Kier molecular flexibility index (Phi) is 2.53. The second kappa shape index (κ2) is 3.42. The number of rotatable bonds is 3. The van der Waals surface area contributed by atoms with Crippen LogP contribution in [0.25, 0.3) is 0 Å². The summed E-state index contributed by atoms with van der Waals surface area (Å²) in [6.45, 7) is 6.45. The Hall–Kier alpha value is -0.640. The van der Waals surface area contributed by atoms with E-state index in [1.165, 1.54) is 0 Å². The maximum atomic E-state index is 12.2. The van der Waals surface area contributed by atoms with E-state index in [2.05, 4.69) is 26.1 Å². The van der Waals surface area contributed by atoms with Crippen molar-refractivity contribution < 1.29 is 4.79 Å². The molecule has 0 aromatic heterocycles. The van der Waals surface area contributed by atoms with Crippen molar-refractivity contribution in [1.29, 1.82) is 0 Å². The van der Waals surface area contributed by atoms with Gasteiger partial charge in [-0.25, -0.2) is 0 Å². The van der Waals surface area contributed by atoms with Crippen LogP contribution in [0, 0.1) is 16.7 Å². The molecule has 2 rings (SSSR count). The van der Waals surface area contributed by atoms with E-state index in [1.807, 2.05) is 0 Å². The van der Waals surface area contributed by atoms with Crippen molar-refractivity contribution in [3.05, 3.63) is 0 Å². The van der Waals surface area contributed by atoms with E-state index in [9.17, 15) is 4.79 Å². The third kappa shape index (κ3) is 1.73. The lowest BCUT2D eigenvalue weighted by atomic mass is 9.62. The summed E-state index contributed by atoms with van der Waals surface area (Å²) in [5, 5.41) is 3.08. The Bertz CT molecular complexity index is 345. The average Bonchev–Trinajstić information content (AvgIpc) is 2.66. The number of thiocarbonyl (C=S) groups is 1. The molecule has 2 aliphatic carbocycles. The molecule has 0 spiro atoms. The molecule has 0 heterocycles. The zero-order valence-corrected chi connectivity index (χ0v) is 11.0. The zero-order valence-electron chi connectivity index (χ0n) is 10.2. The quantitative estimate of drug-likeness (QED) is 0.737. The van der Waals surface area contributed by atoms with Crippen molar-refractivity contribution in [2.75, 3.05) is 0 Å². The van der Waals surface area contributed by atoms with E-state index < -0.39 is 5.41 Å². The normalized spacial score (nSPS) is 39.7. The van der Waals surface area contributed by atoms with Crippen LogP contribution in [0.2, 0.25) is 0 Å². The molecule has 0 aromatic rings. The number of carbonyl (C=O) groups excluding carboxylic acids is 1. The monoisotopic (exact) mass is 240 g/mol. The molecule has 90 valence electrons. The molecule has 2 aliphatic rings. The maximum absolute atomic E-state index is 12.2. The molecule has 0 bridgehead atoms. The summed E-state index contributed by atoms with van der Waals surface area (Å²) >= 11 is 5.06. The number of carbonyl (C=O) groups is 1. The molecule has 16 heavy (non-hydrogen) atoms. The van der Waals surface area contributed by atoms with Gasteiger partial charge in [-0.3, -0.25) is 4.79 Å². The van der Waals surface area contributed by atoms with Gasteiger partial charge in [-0.05, 0) is 30.6 Å². The number of amides is 1. The largest absolute Gasteiger partial charge is 0.392 e. The minimum absolute atomic E-state index is 0.0497. The van der Waals surface area contributed by atoms with Crippen LogP contribution < -0.4 is 11.1 Å². The Morgan fingerprint density at radius 1 is 1.38 bits per heavy atom. The van der Waals surface area contributed by atoms with Crippen molar-refractivity contribution >= 4 is 23.1 Å². The fourth-order valence-corrected chi connectivity index (χ4v) is 2.90. The Morgan fingerprint density at radius 2 is 1.88 bits per heavy atom. The molecule has 0 saturated heterocycles. The van der Waals surface area contributed by atoms with Crippen LogP contribution in [0.3, 0.4) is 0 Å². The Labute approximate surface area is 102 Å². The average molecular weight is 240 g/mol. The minimum atomic E-state index is -0.548. The van der Waals surface area contributed by atoms with Crippen molar-refractivity contribution in [3.63, 3.8) is 0 Å². The fraction of sp³-hybridized carbons (Fsp3) is 0.833. The van der Waals surface area contributed by atoms with Gasteiger partial charge in [0.05, 0.1) is 10.4 Å². The van der Waals surface area contributed by atoms with E-state index in [0.717, 1.165) is 19.3 Å². The first-order valence-electron chi connectivity index (χ1n) is 5.89. The predicted octanol–water partition coefficient (Wildman–Crippen LogP) is 1.60. The van der Waals surface area contributed by atoms with E-state index in [4.69, 9.17) is 18.0 Å². The van der Waals surface area contributed by atoms with Crippen LogP contribution in [0.5, 0.6) is 0 Å². The summed E-state index contributed by atoms with van der Waals surface area (Å²) in [5.74, 6) is 0.605. The molecular formula is C12H20N2OS. The molecule has 0 radical (unpaired) electrons. The van der Waals surface area contributed by atoms with Crippen LogP contribution in [-0.4, -0.2) is 16.9 Å². The second-order valence-corrected chi connectivity index (χ2v) is 6.62. The molecule has 1 unspecified atom stereocenters. The molecule has 2 fully saturated rings. The second-order valence-electron chi connectivity index (χ2n) is 6.18. The Balaban J connectivity index is 2.00. The van der Waals surface area contributed by atoms with Gasteiger partial charge in [0.15, 0.2) is 0 Å². The number of hydrogen-bond acceptors (Lipinski definition) is 2. The highest BCUT2D eigenvalue weighted by Gasteiger charge is 2.54. The van der Waals surface area contributed by atoms with Crippen LogP contribution in [0.4, 0.5) is 0 Å². The summed E-state index contributed by atoms with van der Waals surface area (Å²) < 4.78 is 0. The van der Waals surface area contributed by atoms with Crippen LogP contribution in [0.1, 0.15) is 40.0 Å². The van der Waals surface area contributed by atoms with Gasteiger partial charge in [-0.15, -0.1) is 0 Å². The SMILES string of the molecule is CC1CC(C(=O)NC2CC2(C)C)(C(N)=S)C1. The van der Waals surface area contributed by atoms with Gasteiger partial charge in [0, 0.05) is 6.04 Å². The highest BCUT2D eigenvalue weighted by molar-refractivity contribution is 7.80. The smallest absolute Gasteiger partial charge is 0.233 e. The van der Waals surface area contributed by atoms with Crippen LogP contribution in [0.15, 0.2) is 0 Å². The van der Waals surface area contributed by atoms with Gasteiger partial charge in [-0.1, -0.05) is 33.0 Å². The van der Waals surface area contributed by atoms with Gasteiger partial charge < -0.3 is 11.1 Å². The van der Waals surface area contributed by atoms with Crippen LogP contribution in [-0.2, 0) is 4.79 Å². The minimum Gasteiger partial charge on any atom is -0.392 e. The molecule has 1 atom stereocenters. The first kappa shape index (κ1) is 11.8. The van der Waals surface area contributed by atoms with Gasteiger partial charge in [-0.2, -0.15) is 0 Å². The summed E-state index contributed by atoms with van der Waals surface area (Å²) in [5.41, 5.74) is 5.43. The number of nitrogens with one attached hydrogen (secondary N) is 1. The highest BCUT2D eigenvalue weighted by atomic mass is 32.1. The number of hydrogen-bond donors (Lipinski definition) is 2. The van der Waals surface area contributed by atoms with Gasteiger partial charge in [0.1, 0.15) is 0 Å². The summed E-state index contributed by atoms with van der Waals surface area (Å²) in [4.78, 5) is 12.6. The number of nitrogens with two attached hydrogens (primary N) is 1. The van der Waals surface area contributed by atoms with Crippen LogP contribution >= 0.6 is 12.2 Å². The van der Waals surface area contributed by atoms with Crippen molar-refractivity contribution in [1.82, 2.24) is 5.32 Å². The third-order valence-corrected chi connectivity index (χ3v) is 4.51. The summed E-state index contributed by atoms with van der Waals surface area (Å²) in [6.07, 6.45) is 2.67. The molecule has 0 aromatic carbocycles. The van der Waals surface area contributed by atoms with Gasteiger partial charge >= 0.3 is 0 Å². The Morgan fingerprint density at radius 3 is 2.19 bits per heavy atom. The van der Waals surface area contributed by atoms with Crippen molar-refractivity contribution in [2.24, 2.45) is 22.5 Å². The molecule has 0 aliphatic heterocycles. The first-order chi connectivity index (χ1) is 7.28. The zero-order chi connectivity index (χ0) is 12.1. The molecule has 1 amide bonds. The standard InChI is InChI=1S/C12H20N2OS/c1-7-4-12(5-7,9(13)16)10(15)14-8-6-11(8,2)3/h7-8H,4-6H2,1-3H3,(H2,13,16)(H,14,15). The predicted molar refractivity (Wildman–Crippen MR) is 67.9 cm³/mol. The van der Waals surface area contributed by atoms with Gasteiger partial charge in [0.25, 0.3) is 0 Å². The molecule has 2 saturated carbocycles. The third-order valence-electron chi connectivity index (χ3n) is 4.12. The molecule has 3 nitrogen and oxygen atoms in total. The molecule has 4 heteroatoms. The summed E-state index contributed by atoms with van der Waals surface area (Å²) in [6, 6.07) is 0.308. The van der Waals surface area contributed by atoms with Gasteiger partial charge in [0.2, 0.25) is 5.91 Å². The molecular weight excluding hydrogens is 220 g/mol. The van der Waals surface area contributed by atoms with Crippen molar-refractivity contribution in [2.45, 2.75) is 46.1 Å². The summed E-state index contributed by atoms with van der Waals surface area (Å²) in [7, 11) is 0. The van der Waals surface area contributed by atoms with E-state index in [-0.39, 0.29) is 11.3 Å². The fourth-order valence-electron chi connectivity index (χ4n) is 2.64. The first-order valence-corrected chi connectivity index (χ1v) is 6.30. The maximum Gasteiger partial charge on any atom is 0.233 e. The molecule has 3 N–H and O–H groups in total. The lowest BCUT2D eigenvalue weighted by Gasteiger charge is -2.44. The van der Waals surface area contributed by atoms with E-state index in [1.54, 1.807) is 0 Å². The topological polar surface area (TPSA) is 55.1 Å². The van der Waals surface area contributed by atoms with E-state index >= 15 is 0 Å². The van der Waals surface area contributed by atoms with Crippen molar-refractivity contribution in [3.8, 4) is 0 Å².